The molecular formula is C12H24N2O2S. The maximum absolute atomic E-state index is 12.3. The van der Waals surface area contributed by atoms with E-state index in [9.17, 15) is 4.79 Å². The number of amides is 1. The van der Waals surface area contributed by atoms with Gasteiger partial charge in [0.15, 0.2) is 0 Å². The number of carbonyl (C=O) groups is 1. The first kappa shape index (κ1) is 16.3. The van der Waals surface area contributed by atoms with Gasteiger partial charge in [0, 0.05) is 7.05 Å². The highest BCUT2D eigenvalue weighted by molar-refractivity contribution is 8.00. The molecule has 0 rings (SSSR count). The fourth-order valence-corrected chi connectivity index (χ4v) is 2.84. The van der Waals surface area contributed by atoms with Gasteiger partial charge >= 0.3 is 0 Å². The van der Waals surface area contributed by atoms with E-state index in [1.54, 1.807) is 18.8 Å². The van der Waals surface area contributed by atoms with E-state index in [2.05, 4.69) is 12.1 Å². The fourth-order valence-electron chi connectivity index (χ4n) is 1.88. The molecule has 0 saturated carbocycles. The molecule has 100 valence electrons. The van der Waals surface area contributed by atoms with E-state index in [4.69, 9.17) is 5.21 Å². The lowest BCUT2D eigenvalue weighted by molar-refractivity contribution is -0.129. The Hall–Kier alpha value is -0.710. The molecule has 17 heavy (non-hydrogen) atoms. The molecule has 0 aromatic rings. The second kappa shape index (κ2) is 8.39. The van der Waals surface area contributed by atoms with E-state index in [-0.39, 0.29) is 10.7 Å². The van der Waals surface area contributed by atoms with Crippen LogP contribution in [0.5, 0.6) is 0 Å². The molecule has 0 aromatic carbocycles. The molecule has 0 aliphatic heterocycles. The Morgan fingerprint density at radius 3 is 2.53 bits per heavy atom. The second-order valence-electron chi connectivity index (χ2n) is 4.16. The van der Waals surface area contributed by atoms with Crippen LogP contribution in [0.15, 0.2) is 5.16 Å². The largest absolute Gasteiger partial charge is 0.410 e. The van der Waals surface area contributed by atoms with E-state index in [1.165, 1.54) is 4.90 Å². The summed E-state index contributed by atoms with van der Waals surface area (Å²) in [7, 11) is 1.63. The summed E-state index contributed by atoms with van der Waals surface area (Å²) in [6.45, 7) is 4.18. The zero-order valence-corrected chi connectivity index (χ0v) is 12.1. The summed E-state index contributed by atoms with van der Waals surface area (Å²) in [5.41, 5.74) is 0. The molecule has 0 aromatic heterocycles. The smallest absolute Gasteiger partial charge is 0.243 e. The van der Waals surface area contributed by atoms with Crippen molar-refractivity contribution in [3.63, 3.8) is 0 Å². The number of rotatable bonds is 8. The number of carbonyl (C=O) groups excluding carboxylic acids is 1. The number of hydrogen-bond donors (Lipinski definition) is 1. The van der Waals surface area contributed by atoms with Crippen LogP contribution in [0.2, 0.25) is 0 Å². The minimum atomic E-state index is -0.384. The van der Waals surface area contributed by atoms with Gasteiger partial charge in [0.2, 0.25) is 5.91 Å². The van der Waals surface area contributed by atoms with Gasteiger partial charge in [-0.1, -0.05) is 38.3 Å². The lowest BCUT2D eigenvalue weighted by Gasteiger charge is -2.32. The molecule has 0 spiro atoms. The average Bonchev–Trinajstić information content (AvgIpc) is 2.35. The molecular weight excluding hydrogens is 236 g/mol. The van der Waals surface area contributed by atoms with Crippen molar-refractivity contribution in [3.8, 4) is 0 Å². The SMILES string of the molecule is CCCCCC(CC)(SC)C(=O)N(C)C=NO. The van der Waals surface area contributed by atoms with Gasteiger partial charge in [-0.05, 0) is 19.1 Å². The zero-order valence-electron chi connectivity index (χ0n) is 11.3. The summed E-state index contributed by atoms with van der Waals surface area (Å²) in [5.74, 6) is 0.0152. The predicted octanol–water partition coefficient (Wildman–Crippen LogP) is 2.95. The molecule has 1 amide bonds. The third-order valence-corrected chi connectivity index (χ3v) is 4.53. The second-order valence-corrected chi connectivity index (χ2v) is 5.35. The third kappa shape index (κ3) is 4.58. The summed E-state index contributed by atoms with van der Waals surface area (Å²) in [6.07, 6.45) is 8.14. The molecule has 0 heterocycles. The van der Waals surface area contributed by atoms with Gasteiger partial charge in [-0.25, -0.2) is 0 Å². The summed E-state index contributed by atoms with van der Waals surface area (Å²) < 4.78 is -0.384. The minimum absolute atomic E-state index is 0.0152. The predicted molar refractivity (Wildman–Crippen MR) is 73.7 cm³/mol. The van der Waals surface area contributed by atoms with Gasteiger partial charge in [-0.2, -0.15) is 0 Å². The number of oxime groups is 1. The summed E-state index contributed by atoms with van der Waals surface area (Å²) in [5, 5.41) is 11.4. The van der Waals surface area contributed by atoms with E-state index in [1.807, 2.05) is 13.2 Å². The van der Waals surface area contributed by atoms with Crippen molar-refractivity contribution < 1.29 is 10.0 Å². The fraction of sp³-hybridized carbons (Fsp3) is 0.833. The van der Waals surface area contributed by atoms with Crippen molar-refractivity contribution in [1.29, 1.82) is 0 Å². The van der Waals surface area contributed by atoms with Crippen molar-refractivity contribution in [2.75, 3.05) is 13.3 Å². The van der Waals surface area contributed by atoms with Crippen LogP contribution in [-0.4, -0.2) is 40.4 Å². The first-order valence-electron chi connectivity index (χ1n) is 6.08. The third-order valence-electron chi connectivity index (χ3n) is 3.08. The van der Waals surface area contributed by atoms with Crippen LogP contribution in [0.25, 0.3) is 0 Å². The van der Waals surface area contributed by atoms with Crippen molar-refractivity contribution in [2.24, 2.45) is 5.16 Å². The lowest BCUT2D eigenvalue weighted by atomic mass is 9.96. The lowest BCUT2D eigenvalue weighted by Crippen LogP contribution is -2.44. The van der Waals surface area contributed by atoms with Gasteiger partial charge in [-0.3, -0.25) is 4.79 Å². The molecule has 1 unspecified atom stereocenters. The minimum Gasteiger partial charge on any atom is -0.410 e. The molecule has 4 nitrogen and oxygen atoms in total. The van der Waals surface area contributed by atoms with Crippen molar-refractivity contribution in [3.05, 3.63) is 0 Å². The van der Waals surface area contributed by atoms with Crippen molar-refractivity contribution >= 4 is 24.0 Å². The number of unbranched alkanes of at least 4 members (excludes halogenated alkanes) is 2. The van der Waals surface area contributed by atoms with E-state index < -0.39 is 0 Å². The van der Waals surface area contributed by atoms with Gasteiger partial charge in [0.1, 0.15) is 6.34 Å². The Balaban J connectivity index is 4.73. The van der Waals surface area contributed by atoms with Gasteiger partial charge in [0.25, 0.3) is 0 Å². The maximum atomic E-state index is 12.3. The number of nitrogens with zero attached hydrogens (tertiary/aromatic N) is 2. The van der Waals surface area contributed by atoms with Crippen molar-refractivity contribution in [2.45, 2.75) is 50.7 Å². The highest BCUT2D eigenvalue weighted by atomic mass is 32.2. The first-order valence-corrected chi connectivity index (χ1v) is 7.30. The van der Waals surface area contributed by atoms with Crippen LogP contribution < -0.4 is 0 Å². The van der Waals surface area contributed by atoms with E-state index in [0.717, 1.165) is 38.4 Å². The quantitative estimate of drug-likeness (QED) is 0.240. The Morgan fingerprint density at radius 1 is 1.47 bits per heavy atom. The average molecular weight is 260 g/mol. The molecule has 0 aliphatic carbocycles. The van der Waals surface area contributed by atoms with Gasteiger partial charge in [-0.15, -0.1) is 11.8 Å². The van der Waals surface area contributed by atoms with Gasteiger partial charge in [0.05, 0.1) is 4.75 Å². The highest BCUT2D eigenvalue weighted by Gasteiger charge is 2.37. The van der Waals surface area contributed by atoms with Crippen LogP contribution in [0.4, 0.5) is 0 Å². The zero-order chi connectivity index (χ0) is 13.3. The van der Waals surface area contributed by atoms with Crippen LogP contribution in [-0.2, 0) is 4.79 Å². The van der Waals surface area contributed by atoms with Crippen LogP contribution in [0, 0.1) is 0 Å². The van der Waals surface area contributed by atoms with E-state index in [0.29, 0.717) is 0 Å². The molecule has 0 radical (unpaired) electrons. The number of thioether (sulfide) groups is 1. The van der Waals surface area contributed by atoms with Crippen LogP contribution in [0.1, 0.15) is 46.0 Å². The van der Waals surface area contributed by atoms with Crippen LogP contribution >= 0.6 is 11.8 Å². The number of hydrogen-bond acceptors (Lipinski definition) is 4. The maximum Gasteiger partial charge on any atom is 0.243 e. The summed E-state index contributed by atoms with van der Waals surface area (Å²) >= 11 is 1.60. The Bertz CT molecular complexity index is 253. The normalized spacial score (nSPS) is 14.8. The molecule has 0 saturated heterocycles. The standard InChI is InChI=1S/C12H24N2O2S/c1-5-7-8-9-12(6-2,17-4)11(15)14(3)10-13-16/h10,16H,5-9H2,1-4H3. The molecule has 0 aliphatic rings. The van der Waals surface area contributed by atoms with Crippen LogP contribution in [0.3, 0.4) is 0 Å². The topological polar surface area (TPSA) is 52.9 Å². The molecule has 5 heteroatoms. The Kier molecular flexibility index (Phi) is 8.04. The first-order chi connectivity index (χ1) is 8.07. The van der Waals surface area contributed by atoms with Gasteiger partial charge < -0.3 is 10.1 Å². The van der Waals surface area contributed by atoms with Crippen molar-refractivity contribution in [1.82, 2.24) is 4.90 Å². The molecule has 0 bridgehead atoms. The van der Waals surface area contributed by atoms with E-state index >= 15 is 0 Å². The summed E-state index contributed by atoms with van der Waals surface area (Å²) in [6, 6.07) is 0. The monoisotopic (exact) mass is 260 g/mol. The Morgan fingerprint density at radius 2 is 2.12 bits per heavy atom. The highest BCUT2D eigenvalue weighted by Crippen LogP contribution is 2.34. The summed E-state index contributed by atoms with van der Waals surface area (Å²) in [4.78, 5) is 13.7. The molecule has 1 N–H and O–H groups in total. The molecule has 1 atom stereocenters. The molecule has 0 fully saturated rings. The Labute approximate surface area is 108 Å².